The second kappa shape index (κ2) is 6.14. The van der Waals surface area contributed by atoms with Crippen molar-refractivity contribution in [2.45, 2.75) is 20.4 Å². The highest BCUT2D eigenvalue weighted by molar-refractivity contribution is 5.49. The predicted octanol–water partition coefficient (Wildman–Crippen LogP) is 3.71. The monoisotopic (exact) mass is 257 g/mol. The number of aryl methyl sites for hydroxylation is 1. The first kappa shape index (κ1) is 13.3. The van der Waals surface area contributed by atoms with Gasteiger partial charge < -0.3 is 15.2 Å². The zero-order valence-electron chi connectivity index (χ0n) is 11.3. The van der Waals surface area contributed by atoms with E-state index in [1.54, 1.807) is 6.07 Å². The number of benzene rings is 2. The third-order valence-corrected chi connectivity index (χ3v) is 2.92. The quantitative estimate of drug-likeness (QED) is 0.858. The van der Waals surface area contributed by atoms with Crippen molar-refractivity contribution in [3.63, 3.8) is 0 Å². The minimum Gasteiger partial charge on any atom is -0.504 e. The van der Waals surface area contributed by atoms with Crippen LogP contribution in [-0.2, 0) is 6.54 Å². The molecule has 0 amide bonds. The Bertz CT molecular complexity index is 535. The van der Waals surface area contributed by atoms with E-state index in [4.69, 9.17) is 4.74 Å². The van der Waals surface area contributed by atoms with Crippen molar-refractivity contribution in [3.8, 4) is 11.5 Å². The fourth-order valence-corrected chi connectivity index (χ4v) is 1.85. The number of phenolic OH excluding ortho intramolecular Hbond substituents is 1. The van der Waals surface area contributed by atoms with Gasteiger partial charge in [0.15, 0.2) is 11.5 Å². The number of anilines is 1. The molecule has 0 unspecified atom stereocenters. The molecule has 0 aliphatic heterocycles. The molecule has 0 saturated carbocycles. The number of para-hydroxylation sites is 1. The number of hydrogen-bond donors (Lipinski definition) is 2. The fourth-order valence-electron chi connectivity index (χ4n) is 1.85. The van der Waals surface area contributed by atoms with E-state index in [1.807, 2.05) is 31.2 Å². The molecule has 2 rings (SSSR count). The van der Waals surface area contributed by atoms with Crippen molar-refractivity contribution in [1.82, 2.24) is 0 Å². The lowest BCUT2D eigenvalue weighted by Crippen LogP contribution is -2.01. The average molecular weight is 257 g/mol. The van der Waals surface area contributed by atoms with E-state index in [2.05, 4.69) is 24.4 Å². The molecule has 19 heavy (non-hydrogen) atoms. The lowest BCUT2D eigenvalue weighted by molar-refractivity contribution is 0.317. The molecule has 0 bridgehead atoms. The Balaban J connectivity index is 2.07. The molecule has 0 aromatic heterocycles. The molecule has 0 radical (unpaired) electrons. The summed E-state index contributed by atoms with van der Waals surface area (Å²) in [6.45, 7) is 5.07. The summed E-state index contributed by atoms with van der Waals surface area (Å²) in [7, 11) is 0. The molecule has 0 saturated heterocycles. The van der Waals surface area contributed by atoms with Crippen LogP contribution in [-0.4, -0.2) is 11.7 Å². The Morgan fingerprint density at radius 2 is 1.84 bits per heavy atom. The number of hydrogen-bond acceptors (Lipinski definition) is 3. The van der Waals surface area contributed by atoms with Gasteiger partial charge in [-0.25, -0.2) is 0 Å². The second-order valence-electron chi connectivity index (χ2n) is 4.42. The van der Waals surface area contributed by atoms with Gasteiger partial charge in [-0.1, -0.05) is 29.8 Å². The van der Waals surface area contributed by atoms with Crippen molar-refractivity contribution >= 4 is 5.69 Å². The van der Waals surface area contributed by atoms with Crippen molar-refractivity contribution in [2.75, 3.05) is 11.9 Å². The van der Waals surface area contributed by atoms with Crippen LogP contribution in [0.2, 0.25) is 0 Å². The lowest BCUT2D eigenvalue weighted by atomic mass is 10.1. The van der Waals surface area contributed by atoms with E-state index in [0.29, 0.717) is 18.9 Å². The Kier molecular flexibility index (Phi) is 4.29. The summed E-state index contributed by atoms with van der Waals surface area (Å²) in [5.41, 5.74) is 3.09. The third kappa shape index (κ3) is 3.41. The Hall–Kier alpha value is -2.16. The minimum atomic E-state index is 0.212. The number of phenols is 1. The van der Waals surface area contributed by atoms with Crippen molar-refractivity contribution in [2.24, 2.45) is 0 Å². The molecule has 0 aliphatic rings. The molecular weight excluding hydrogens is 238 g/mol. The first-order chi connectivity index (χ1) is 9.20. The van der Waals surface area contributed by atoms with Crippen LogP contribution in [0.1, 0.15) is 18.1 Å². The highest BCUT2D eigenvalue weighted by atomic mass is 16.5. The number of aromatic hydroxyl groups is 1. The van der Waals surface area contributed by atoms with Crippen LogP contribution in [0.4, 0.5) is 5.69 Å². The van der Waals surface area contributed by atoms with Crippen LogP contribution in [0.25, 0.3) is 0 Å². The molecule has 2 aromatic rings. The van der Waals surface area contributed by atoms with E-state index >= 15 is 0 Å². The maximum Gasteiger partial charge on any atom is 0.162 e. The maximum atomic E-state index is 10.1. The van der Waals surface area contributed by atoms with Gasteiger partial charge >= 0.3 is 0 Å². The van der Waals surface area contributed by atoms with Crippen LogP contribution in [0.15, 0.2) is 42.5 Å². The highest BCUT2D eigenvalue weighted by Crippen LogP contribution is 2.30. The Morgan fingerprint density at radius 3 is 2.53 bits per heavy atom. The van der Waals surface area contributed by atoms with Gasteiger partial charge in [-0.15, -0.1) is 0 Å². The summed E-state index contributed by atoms with van der Waals surface area (Å²) >= 11 is 0. The van der Waals surface area contributed by atoms with Crippen molar-refractivity contribution < 1.29 is 9.84 Å². The molecule has 0 aliphatic carbocycles. The molecular formula is C16H19NO2. The Morgan fingerprint density at radius 1 is 1.11 bits per heavy atom. The molecule has 2 aromatic carbocycles. The van der Waals surface area contributed by atoms with Crippen molar-refractivity contribution in [1.29, 1.82) is 0 Å². The van der Waals surface area contributed by atoms with Gasteiger partial charge in [-0.05, 0) is 32.0 Å². The van der Waals surface area contributed by atoms with Gasteiger partial charge in [0, 0.05) is 17.8 Å². The molecule has 0 fully saturated rings. The topological polar surface area (TPSA) is 41.5 Å². The van der Waals surface area contributed by atoms with Crippen LogP contribution in [0.5, 0.6) is 11.5 Å². The Labute approximate surface area is 113 Å². The van der Waals surface area contributed by atoms with Crippen molar-refractivity contribution in [3.05, 3.63) is 53.6 Å². The summed E-state index contributed by atoms with van der Waals surface area (Å²) in [6, 6.07) is 13.7. The summed E-state index contributed by atoms with van der Waals surface area (Å²) in [6.07, 6.45) is 0. The summed E-state index contributed by atoms with van der Waals surface area (Å²) in [5.74, 6) is 0.745. The predicted molar refractivity (Wildman–Crippen MR) is 77.8 cm³/mol. The van der Waals surface area contributed by atoms with Gasteiger partial charge in [0.25, 0.3) is 0 Å². The minimum absolute atomic E-state index is 0.212. The SMILES string of the molecule is CCOc1cccc(CNc2ccc(C)cc2)c1O. The smallest absolute Gasteiger partial charge is 0.162 e. The third-order valence-electron chi connectivity index (χ3n) is 2.92. The summed E-state index contributed by atoms with van der Waals surface area (Å²) in [4.78, 5) is 0. The molecule has 0 heterocycles. The normalized spacial score (nSPS) is 10.2. The van der Waals surface area contributed by atoms with Crippen LogP contribution >= 0.6 is 0 Å². The molecule has 2 N–H and O–H groups in total. The van der Waals surface area contributed by atoms with Gasteiger partial charge in [0.1, 0.15) is 0 Å². The van der Waals surface area contributed by atoms with E-state index in [-0.39, 0.29) is 5.75 Å². The molecule has 3 heteroatoms. The van der Waals surface area contributed by atoms with Crippen LogP contribution < -0.4 is 10.1 Å². The lowest BCUT2D eigenvalue weighted by Gasteiger charge is -2.11. The molecule has 0 spiro atoms. The summed E-state index contributed by atoms with van der Waals surface area (Å²) in [5, 5.41) is 13.4. The van der Waals surface area contributed by atoms with E-state index in [1.165, 1.54) is 5.56 Å². The standard InChI is InChI=1S/C16H19NO2/c1-3-19-15-6-4-5-13(16(15)18)11-17-14-9-7-12(2)8-10-14/h4-10,17-18H,3,11H2,1-2H3. The molecule has 100 valence electrons. The molecule has 3 nitrogen and oxygen atoms in total. The van der Waals surface area contributed by atoms with Gasteiger partial charge in [-0.3, -0.25) is 0 Å². The largest absolute Gasteiger partial charge is 0.504 e. The number of ether oxygens (including phenoxy) is 1. The highest BCUT2D eigenvalue weighted by Gasteiger charge is 2.07. The zero-order chi connectivity index (χ0) is 13.7. The van der Waals surface area contributed by atoms with E-state index in [9.17, 15) is 5.11 Å². The average Bonchev–Trinajstić information content (AvgIpc) is 2.42. The maximum absolute atomic E-state index is 10.1. The first-order valence-electron chi connectivity index (χ1n) is 6.45. The molecule has 0 atom stereocenters. The van der Waals surface area contributed by atoms with Crippen LogP contribution in [0.3, 0.4) is 0 Å². The van der Waals surface area contributed by atoms with E-state index in [0.717, 1.165) is 11.3 Å². The van der Waals surface area contributed by atoms with Crippen LogP contribution in [0, 0.1) is 6.92 Å². The number of nitrogens with one attached hydrogen (secondary N) is 1. The van der Waals surface area contributed by atoms with E-state index < -0.39 is 0 Å². The van der Waals surface area contributed by atoms with Gasteiger partial charge in [-0.2, -0.15) is 0 Å². The fraction of sp³-hybridized carbons (Fsp3) is 0.250. The zero-order valence-corrected chi connectivity index (χ0v) is 11.3. The summed E-state index contributed by atoms with van der Waals surface area (Å²) < 4.78 is 5.37. The first-order valence-corrected chi connectivity index (χ1v) is 6.45. The van der Waals surface area contributed by atoms with Gasteiger partial charge in [0.05, 0.1) is 6.61 Å². The van der Waals surface area contributed by atoms with Gasteiger partial charge in [0.2, 0.25) is 0 Å². The number of rotatable bonds is 5. The second-order valence-corrected chi connectivity index (χ2v) is 4.42.